The lowest BCUT2D eigenvalue weighted by molar-refractivity contribution is 0.143. The van der Waals surface area contributed by atoms with Crippen molar-refractivity contribution >= 4 is 34.1 Å². The number of pyridine rings is 1. The lowest BCUT2D eigenvalue weighted by Crippen LogP contribution is -2.38. The first-order valence-corrected chi connectivity index (χ1v) is 13.5. The summed E-state index contributed by atoms with van der Waals surface area (Å²) in [5, 5.41) is 8.50. The second-order valence-electron chi connectivity index (χ2n) is 10.4. The van der Waals surface area contributed by atoms with Gasteiger partial charge in [0.1, 0.15) is 17.2 Å². The first-order chi connectivity index (χ1) is 19.5. The third-order valence-electron chi connectivity index (χ3n) is 7.90. The molecule has 0 fully saturated rings. The number of nitrogens with zero attached hydrogens (tertiary/aromatic N) is 5. The molecule has 1 aliphatic rings. The van der Waals surface area contributed by atoms with Gasteiger partial charge in [0.25, 0.3) is 0 Å². The highest BCUT2D eigenvalue weighted by molar-refractivity contribution is 6.02. The number of rotatable bonds is 5. The van der Waals surface area contributed by atoms with E-state index in [-0.39, 0.29) is 12.0 Å². The van der Waals surface area contributed by atoms with Crippen LogP contribution in [0.2, 0.25) is 0 Å². The van der Waals surface area contributed by atoms with Gasteiger partial charge < -0.3 is 13.8 Å². The summed E-state index contributed by atoms with van der Waals surface area (Å²) < 4.78 is 14.0. The summed E-state index contributed by atoms with van der Waals surface area (Å²) in [6, 6.07) is 20.8. The van der Waals surface area contributed by atoms with Crippen LogP contribution in [0.1, 0.15) is 34.3 Å². The van der Waals surface area contributed by atoms with E-state index in [2.05, 4.69) is 63.3 Å². The van der Waals surface area contributed by atoms with E-state index >= 15 is 0 Å². The minimum atomic E-state index is -0.205. The number of ether oxygens (including phenoxy) is 1. The van der Waals surface area contributed by atoms with Crippen LogP contribution in [-0.4, -0.2) is 37.9 Å². The number of hydrogen-bond acceptors (Lipinski definition) is 6. The molecule has 7 heteroatoms. The molecule has 4 heterocycles. The van der Waals surface area contributed by atoms with Crippen LogP contribution >= 0.6 is 0 Å². The first-order valence-electron chi connectivity index (χ1n) is 13.5. The Hall–Kier alpha value is -4.62. The molecule has 2 aromatic carbocycles. The second-order valence-corrected chi connectivity index (χ2v) is 10.4. The van der Waals surface area contributed by atoms with Crippen molar-refractivity contribution in [3.8, 4) is 11.3 Å². The summed E-state index contributed by atoms with van der Waals surface area (Å²) in [7, 11) is 1.76. The minimum absolute atomic E-state index is 0.0538. The van der Waals surface area contributed by atoms with Gasteiger partial charge in [-0.15, -0.1) is 0 Å². The van der Waals surface area contributed by atoms with Crippen molar-refractivity contribution in [1.29, 1.82) is 0 Å². The summed E-state index contributed by atoms with van der Waals surface area (Å²) >= 11 is 0. The lowest BCUT2D eigenvalue weighted by Gasteiger charge is -2.23. The van der Waals surface area contributed by atoms with Crippen molar-refractivity contribution in [3.63, 3.8) is 0 Å². The van der Waals surface area contributed by atoms with Crippen molar-refractivity contribution in [2.75, 3.05) is 7.11 Å². The lowest BCUT2D eigenvalue weighted by atomic mass is 9.88. The number of aryl methyl sites for hydroxylation is 3. The van der Waals surface area contributed by atoms with E-state index in [9.17, 15) is 0 Å². The molecule has 7 nitrogen and oxygen atoms in total. The number of fused-ring (bicyclic) bond motifs is 4. The molecule has 0 aliphatic heterocycles. The summed E-state index contributed by atoms with van der Waals surface area (Å²) in [4.78, 5) is 14.7. The van der Waals surface area contributed by atoms with Gasteiger partial charge >= 0.3 is 0 Å². The second kappa shape index (κ2) is 9.54. The maximum absolute atomic E-state index is 6.09. The third kappa shape index (κ3) is 3.85. The highest BCUT2D eigenvalue weighted by Crippen LogP contribution is 2.34. The van der Waals surface area contributed by atoms with Crippen LogP contribution in [0.5, 0.6) is 0 Å². The van der Waals surface area contributed by atoms with Crippen LogP contribution in [0.25, 0.3) is 45.3 Å². The van der Waals surface area contributed by atoms with E-state index in [1.807, 2.05) is 51.2 Å². The van der Waals surface area contributed by atoms with Crippen molar-refractivity contribution in [2.24, 2.45) is 0 Å². The molecular formula is C33H29N5O2. The van der Waals surface area contributed by atoms with Crippen LogP contribution in [0, 0.1) is 20.8 Å². The van der Waals surface area contributed by atoms with Gasteiger partial charge in [0, 0.05) is 52.9 Å². The third-order valence-corrected chi connectivity index (χ3v) is 7.90. The van der Waals surface area contributed by atoms with E-state index in [1.165, 1.54) is 5.56 Å². The zero-order chi connectivity index (χ0) is 27.4. The van der Waals surface area contributed by atoms with Crippen molar-refractivity contribution in [2.45, 2.75) is 39.3 Å². The molecule has 40 heavy (non-hydrogen) atoms. The van der Waals surface area contributed by atoms with E-state index < -0.39 is 0 Å². The fraction of sp³-hybridized carbons (Fsp3) is 0.212. The molecule has 6 aromatic rings. The Morgan fingerprint density at radius 3 is 2.50 bits per heavy atom. The molecule has 0 N–H and O–H groups in total. The van der Waals surface area contributed by atoms with Gasteiger partial charge in [-0.25, -0.2) is 9.97 Å². The van der Waals surface area contributed by atoms with E-state index in [0.29, 0.717) is 6.54 Å². The molecule has 4 aromatic heterocycles. The predicted molar refractivity (Wildman–Crippen MR) is 156 cm³/mol. The number of aromatic nitrogens is 5. The molecule has 1 aliphatic carbocycles. The average molecular weight is 528 g/mol. The van der Waals surface area contributed by atoms with Gasteiger partial charge in [0.2, 0.25) is 0 Å². The number of methoxy groups -OCH3 is 1. The van der Waals surface area contributed by atoms with Crippen LogP contribution in [0.4, 0.5) is 0 Å². The molecular weight excluding hydrogens is 498 g/mol. The largest absolute Gasteiger partial charge is 0.376 e. The van der Waals surface area contributed by atoms with Gasteiger partial charge in [0.15, 0.2) is 0 Å². The van der Waals surface area contributed by atoms with Gasteiger partial charge in [0.05, 0.1) is 28.4 Å². The molecule has 2 unspecified atom stereocenters. The molecule has 0 saturated heterocycles. The topological polar surface area (TPSA) is 78.9 Å². The number of hydrogen-bond donors (Lipinski definition) is 0. The zero-order valence-corrected chi connectivity index (χ0v) is 22.9. The maximum atomic E-state index is 6.09. The van der Waals surface area contributed by atoms with E-state index in [1.54, 1.807) is 7.11 Å². The molecule has 0 amide bonds. The Labute approximate surface area is 231 Å². The standard InChI is InChI=1S/C33H29N5O2/c1-19-30(20(2)40-37-19)26-16-28-25(17-29(26)39-4)31-32(24-14-15-34-27-13-9-8-12-23(24)27)35-21(3)36-33(31)38(28)18-22-10-6-5-7-11-22/h5-17,26,29H,18H2,1-4H3. The van der Waals surface area contributed by atoms with Crippen molar-refractivity contribution in [3.05, 3.63) is 106 Å². The normalized spacial score (nSPS) is 16.6. The van der Waals surface area contributed by atoms with Crippen molar-refractivity contribution < 1.29 is 9.26 Å². The molecule has 2 atom stereocenters. The Morgan fingerprint density at radius 2 is 1.73 bits per heavy atom. The molecule has 198 valence electrons. The predicted octanol–water partition coefficient (Wildman–Crippen LogP) is 4.98. The molecule has 0 spiro atoms. The summed E-state index contributed by atoms with van der Waals surface area (Å²) in [6.07, 6.45) is 6.17. The average Bonchev–Trinajstić information content (AvgIpc) is 3.47. The van der Waals surface area contributed by atoms with Crippen LogP contribution in [0.3, 0.4) is 0 Å². The smallest absolute Gasteiger partial charge is 0.145 e. The van der Waals surface area contributed by atoms with Crippen LogP contribution < -0.4 is 10.6 Å². The fourth-order valence-electron chi connectivity index (χ4n) is 6.12. The van der Waals surface area contributed by atoms with Gasteiger partial charge in [-0.3, -0.25) is 4.98 Å². The SMILES string of the molecule is COC1C=c2c(n(Cc3ccccc3)c3nc(C)nc(-c4ccnc5ccccc45)c23)=CC1c1c(C)noc1C. The summed E-state index contributed by atoms with van der Waals surface area (Å²) in [5.74, 6) is 1.47. The molecule has 0 radical (unpaired) electrons. The van der Waals surface area contributed by atoms with E-state index in [0.717, 1.165) is 66.6 Å². The molecule has 0 saturated carbocycles. The Balaban J connectivity index is 1.60. The highest BCUT2D eigenvalue weighted by Gasteiger charge is 2.30. The molecule has 7 rings (SSSR count). The summed E-state index contributed by atoms with van der Waals surface area (Å²) in [5.41, 5.74) is 6.92. The Bertz CT molecular complexity index is 2000. The first kappa shape index (κ1) is 24.4. The quantitative estimate of drug-likeness (QED) is 0.315. The van der Waals surface area contributed by atoms with E-state index in [4.69, 9.17) is 19.2 Å². The maximum Gasteiger partial charge on any atom is 0.145 e. The molecule has 0 bridgehead atoms. The van der Waals surface area contributed by atoms with Gasteiger partial charge in [-0.05, 0) is 50.6 Å². The van der Waals surface area contributed by atoms with Crippen LogP contribution in [0.15, 0.2) is 71.4 Å². The van der Waals surface area contributed by atoms with Crippen LogP contribution in [-0.2, 0) is 11.3 Å². The Kier molecular flexibility index (Phi) is 5.82. The highest BCUT2D eigenvalue weighted by atomic mass is 16.5. The number of benzene rings is 2. The number of para-hydroxylation sites is 1. The fourth-order valence-corrected chi connectivity index (χ4v) is 6.12. The zero-order valence-electron chi connectivity index (χ0n) is 22.9. The monoisotopic (exact) mass is 527 g/mol. The Morgan fingerprint density at radius 1 is 0.925 bits per heavy atom. The van der Waals surface area contributed by atoms with Gasteiger partial charge in [-0.1, -0.05) is 53.7 Å². The van der Waals surface area contributed by atoms with Gasteiger partial charge in [-0.2, -0.15) is 0 Å². The minimum Gasteiger partial charge on any atom is -0.376 e. The summed E-state index contributed by atoms with van der Waals surface area (Å²) in [6.45, 7) is 6.59. The van der Waals surface area contributed by atoms with Crippen molar-refractivity contribution in [1.82, 2.24) is 24.7 Å².